The highest BCUT2D eigenvalue weighted by Crippen LogP contribution is 2.28. The van der Waals surface area contributed by atoms with Gasteiger partial charge in [0.1, 0.15) is 6.61 Å². The van der Waals surface area contributed by atoms with Gasteiger partial charge in [0.2, 0.25) is 0 Å². The third-order valence-electron chi connectivity index (χ3n) is 3.87. The topological polar surface area (TPSA) is 53.4 Å². The molecule has 1 atom stereocenters. The Labute approximate surface area is 151 Å². The van der Waals surface area contributed by atoms with Crippen molar-refractivity contribution in [3.63, 3.8) is 0 Å². The number of benzene rings is 1. The van der Waals surface area contributed by atoms with E-state index in [9.17, 15) is 4.79 Å². The van der Waals surface area contributed by atoms with Crippen molar-refractivity contribution >= 4 is 28.5 Å². The van der Waals surface area contributed by atoms with Crippen LogP contribution in [0.5, 0.6) is 0 Å². The van der Waals surface area contributed by atoms with Gasteiger partial charge in [-0.3, -0.25) is 4.98 Å². The maximum atomic E-state index is 11.8. The second kappa shape index (κ2) is 7.68. The van der Waals surface area contributed by atoms with Crippen molar-refractivity contribution in [3.05, 3.63) is 65.1 Å². The number of carbonyl (C=O) groups is 1. The first-order chi connectivity index (χ1) is 12.1. The lowest BCUT2D eigenvalue weighted by molar-refractivity contribution is -0.151. The van der Waals surface area contributed by atoms with Crippen LogP contribution in [0.1, 0.15) is 24.4 Å². The van der Waals surface area contributed by atoms with Crippen molar-refractivity contribution in [3.8, 4) is 0 Å². The van der Waals surface area contributed by atoms with E-state index in [1.807, 2.05) is 54.1 Å². The number of ether oxygens (including phenoxy) is 2. The summed E-state index contributed by atoms with van der Waals surface area (Å²) in [4.78, 5) is 16.2. The quantitative estimate of drug-likeness (QED) is 0.622. The summed E-state index contributed by atoms with van der Waals surface area (Å²) in [5.74, 6) is -0.407. The predicted molar refractivity (Wildman–Crippen MR) is 96.6 cm³/mol. The smallest absolute Gasteiger partial charge is 0.332 e. The lowest BCUT2D eigenvalue weighted by Crippen LogP contribution is -2.21. The molecule has 0 aliphatic carbocycles. The Kier molecular flexibility index (Phi) is 5.36. The Balaban J connectivity index is 2.00. The minimum atomic E-state index is -0.554. The molecule has 0 saturated carbocycles. The Morgan fingerprint density at radius 3 is 2.88 bits per heavy atom. The normalized spacial score (nSPS) is 12.3. The Morgan fingerprint density at radius 2 is 2.12 bits per heavy atom. The van der Waals surface area contributed by atoms with E-state index >= 15 is 0 Å². The molecule has 0 spiro atoms. The molecule has 3 aromatic rings. The van der Waals surface area contributed by atoms with E-state index in [2.05, 4.69) is 4.98 Å². The van der Waals surface area contributed by atoms with Crippen molar-refractivity contribution in [1.82, 2.24) is 9.55 Å². The van der Waals surface area contributed by atoms with Gasteiger partial charge in [-0.25, -0.2) is 4.79 Å². The molecule has 3 rings (SSSR count). The molecule has 0 fully saturated rings. The molecule has 0 radical (unpaired) electrons. The molecule has 1 aromatic carbocycles. The zero-order chi connectivity index (χ0) is 17.8. The van der Waals surface area contributed by atoms with E-state index in [0.29, 0.717) is 17.3 Å². The van der Waals surface area contributed by atoms with Crippen molar-refractivity contribution in [2.75, 3.05) is 13.2 Å². The molecule has 0 aliphatic rings. The molecule has 0 N–H and O–H groups in total. The zero-order valence-electron chi connectivity index (χ0n) is 14.1. The summed E-state index contributed by atoms with van der Waals surface area (Å²) in [6.45, 7) is 3.84. The van der Waals surface area contributed by atoms with Crippen LogP contribution >= 0.6 is 11.6 Å². The molecular formula is C19H19ClN2O3. The first-order valence-electron chi connectivity index (χ1n) is 8.05. The molecule has 0 bridgehead atoms. The Morgan fingerprint density at radius 1 is 1.32 bits per heavy atom. The van der Waals surface area contributed by atoms with Crippen LogP contribution in [0.2, 0.25) is 5.02 Å². The van der Waals surface area contributed by atoms with Gasteiger partial charge in [-0.05, 0) is 43.0 Å². The first-order valence-corrected chi connectivity index (χ1v) is 8.42. The van der Waals surface area contributed by atoms with Crippen molar-refractivity contribution in [2.24, 2.45) is 0 Å². The van der Waals surface area contributed by atoms with Crippen LogP contribution in [0.4, 0.5) is 0 Å². The van der Waals surface area contributed by atoms with Gasteiger partial charge >= 0.3 is 5.97 Å². The second-order valence-corrected chi connectivity index (χ2v) is 6.04. The molecule has 1 unspecified atom stereocenters. The van der Waals surface area contributed by atoms with Gasteiger partial charge in [0.15, 0.2) is 6.23 Å². The summed E-state index contributed by atoms with van der Waals surface area (Å²) in [6, 6.07) is 11.8. The fraction of sp³-hybridized carbons (Fsp3) is 0.263. The van der Waals surface area contributed by atoms with Crippen molar-refractivity contribution < 1.29 is 14.3 Å². The van der Waals surface area contributed by atoms with E-state index in [1.54, 1.807) is 13.1 Å². The highest BCUT2D eigenvalue weighted by atomic mass is 35.5. The maximum Gasteiger partial charge on any atom is 0.332 e. The average Bonchev–Trinajstić information content (AvgIpc) is 3.01. The molecule has 130 valence electrons. The van der Waals surface area contributed by atoms with E-state index in [4.69, 9.17) is 21.1 Å². The molecule has 0 saturated heterocycles. The van der Waals surface area contributed by atoms with Gasteiger partial charge in [0, 0.05) is 12.4 Å². The predicted octanol–water partition coefficient (Wildman–Crippen LogP) is 4.12. The number of fused-ring (bicyclic) bond motifs is 1. The number of esters is 1. The number of nitrogens with zero attached hydrogens (tertiary/aromatic N) is 2. The minimum Gasteiger partial charge on any atom is -0.464 e. The van der Waals surface area contributed by atoms with Crippen LogP contribution in [-0.2, 0) is 14.3 Å². The zero-order valence-corrected chi connectivity index (χ0v) is 14.9. The average molecular weight is 359 g/mol. The van der Waals surface area contributed by atoms with E-state index < -0.39 is 12.2 Å². The van der Waals surface area contributed by atoms with Gasteiger partial charge in [-0.1, -0.05) is 29.8 Å². The van der Waals surface area contributed by atoms with Crippen LogP contribution in [0.15, 0.2) is 48.8 Å². The molecule has 5 nitrogen and oxygen atoms in total. The number of para-hydroxylation sites is 1. The number of aromatic nitrogens is 2. The first kappa shape index (κ1) is 17.5. The summed E-state index contributed by atoms with van der Waals surface area (Å²) < 4.78 is 12.8. The van der Waals surface area contributed by atoms with Crippen molar-refractivity contribution in [1.29, 1.82) is 0 Å². The molecular weight excluding hydrogens is 340 g/mol. The van der Waals surface area contributed by atoms with E-state index in [0.717, 1.165) is 16.5 Å². The van der Waals surface area contributed by atoms with Gasteiger partial charge in [-0.2, -0.15) is 0 Å². The lowest BCUT2D eigenvalue weighted by Gasteiger charge is -2.21. The molecule has 2 aromatic heterocycles. The third kappa shape index (κ3) is 3.83. The Hall–Kier alpha value is -2.37. The number of hydrogen-bond acceptors (Lipinski definition) is 4. The number of pyridine rings is 1. The highest BCUT2D eigenvalue weighted by molar-refractivity contribution is 6.30. The number of carbonyl (C=O) groups excluding carboxylic acids is 1. The van der Waals surface area contributed by atoms with Crippen molar-refractivity contribution in [2.45, 2.75) is 20.1 Å². The summed E-state index contributed by atoms with van der Waals surface area (Å²) in [6.07, 6.45) is 2.95. The SMILES string of the molecule is CCOC(=O)COC(c1ncc(Cl)cc1C)n1ccc2ccccc21. The standard InChI is InChI=1S/C19H19ClN2O3/c1-3-24-17(23)12-25-19(18-13(2)10-15(20)11-21-18)22-9-8-14-6-4-5-7-16(14)22/h4-11,19H,3,12H2,1-2H3. The molecule has 25 heavy (non-hydrogen) atoms. The van der Waals surface area contributed by atoms with Crippen LogP contribution in [0.25, 0.3) is 10.9 Å². The number of rotatable bonds is 6. The highest BCUT2D eigenvalue weighted by Gasteiger charge is 2.21. The minimum absolute atomic E-state index is 0.158. The fourth-order valence-corrected chi connectivity index (χ4v) is 2.97. The fourth-order valence-electron chi connectivity index (χ4n) is 2.76. The lowest BCUT2D eigenvalue weighted by atomic mass is 10.2. The molecule has 0 aliphatic heterocycles. The van der Waals surface area contributed by atoms with Crippen LogP contribution in [0.3, 0.4) is 0 Å². The summed E-state index contributed by atoms with van der Waals surface area (Å²) in [5.41, 5.74) is 2.58. The molecule has 6 heteroatoms. The summed E-state index contributed by atoms with van der Waals surface area (Å²) in [5, 5.41) is 1.64. The monoisotopic (exact) mass is 358 g/mol. The van der Waals surface area contributed by atoms with Gasteiger partial charge < -0.3 is 14.0 Å². The summed E-state index contributed by atoms with van der Waals surface area (Å²) >= 11 is 6.03. The van der Waals surface area contributed by atoms with Gasteiger partial charge in [0.05, 0.1) is 22.8 Å². The van der Waals surface area contributed by atoms with E-state index in [-0.39, 0.29) is 6.61 Å². The second-order valence-electron chi connectivity index (χ2n) is 5.61. The summed E-state index contributed by atoms with van der Waals surface area (Å²) in [7, 11) is 0. The van der Waals surface area contributed by atoms with E-state index in [1.165, 1.54) is 0 Å². The molecule has 0 amide bonds. The largest absolute Gasteiger partial charge is 0.464 e. The number of hydrogen-bond donors (Lipinski definition) is 0. The number of halogens is 1. The van der Waals surface area contributed by atoms with Gasteiger partial charge in [-0.15, -0.1) is 0 Å². The van der Waals surface area contributed by atoms with Crippen LogP contribution < -0.4 is 0 Å². The third-order valence-corrected chi connectivity index (χ3v) is 4.07. The number of aryl methyl sites for hydroxylation is 1. The van der Waals surface area contributed by atoms with Crippen LogP contribution in [-0.4, -0.2) is 28.7 Å². The van der Waals surface area contributed by atoms with Gasteiger partial charge in [0.25, 0.3) is 0 Å². The Bertz CT molecular complexity index is 891. The van der Waals surface area contributed by atoms with Crippen LogP contribution in [0, 0.1) is 6.92 Å². The maximum absolute atomic E-state index is 11.8. The molecule has 2 heterocycles.